The predicted octanol–water partition coefficient (Wildman–Crippen LogP) is 5.07. The summed E-state index contributed by atoms with van der Waals surface area (Å²) in [4.78, 5) is 0. The van der Waals surface area contributed by atoms with Crippen molar-refractivity contribution in [1.82, 2.24) is 0 Å². The predicted molar refractivity (Wildman–Crippen MR) is 57.4 cm³/mol. The van der Waals surface area contributed by atoms with Gasteiger partial charge in [-0.25, -0.2) is 0 Å². The Bertz CT molecular complexity index is 158. The summed E-state index contributed by atoms with van der Waals surface area (Å²) in [6.07, 6.45) is 9.81. The van der Waals surface area contributed by atoms with Crippen molar-refractivity contribution in [2.75, 3.05) is 0 Å². The maximum absolute atomic E-state index is 11.6. The van der Waals surface area contributed by atoms with E-state index in [0.717, 1.165) is 25.3 Å². The fourth-order valence-electron chi connectivity index (χ4n) is 1.35. The molecule has 0 spiro atoms. The minimum atomic E-state index is -1.55. The van der Waals surface area contributed by atoms with Gasteiger partial charge in [-0.1, -0.05) is 31.8 Å². The van der Waals surface area contributed by atoms with Crippen LogP contribution in [0.3, 0.4) is 0 Å². The van der Waals surface area contributed by atoms with Crippen molar-refractivity contribution in [1.29, 1.82) is 0 Å². The molecule has 0 aliphatic heterocycles. The normalized spacial score (nSPS) is 9.86. The molecule has 0 aliphatic rings. The first kappa shape index (κ1) is 13.3. The first-order valence-electron chi connectivity index (χ1n) is 5.39. The molecule has 0 rings (SSSR count). The molecule has 0 aromatic heterocycles. The third kappa shape index (κ3) is 11.3. The van der Waals surface area contributed by atoms with Crippen LogP contribution in [0.4, 0.5) is 8.78 Å². The van der Waals surface area contributed by atoms with Crippen LogP contribution < -0.4 is 0 Å². The molecule has 82 valence electrons. The van der Waals surface area contributed by atoms with Gasteiger partial charge in [0.05, 0.1) is 0 Å². The minimum Gasteiger partial charge on any atom is -0.174 e. The van der Waals surface area contributed by atoms with E-state index in [1.165, 1.54) is 25.7 Å². The summed E-state index contributed by atoms with van der Waals surface area (Å²) < 4.78 is 23.2. The fourth-order valence-corrected chi connectivity index (χ4v) is 1.35. The minimum absolute atomic E-state index is 0.523. The van der Waals surface area contributed by atoms with Gasteiger partial charge in [0, 0.05) is 0 Å². The van der Waals surface area contributed by atoms with Crippen molar-refractivity contribution in [2.45, 2.75) is 51.4 Å². The van der Waals surface area contributed by atoms with Crippen LogP contribution >= 0.6 is 0 Å². The largest absolute Gasteiger partial charge is 0.266 e. The van der Waals surface area contributed by atoms with Crippen molar-refractivity contribution in [3.8, 4) is 0 Å². The van der Waals surface area contributed by atoms with Gasteiger partial charge < -0.3 is 0 Å². The maximum Gasteiger partial charge on any atom is 0.266 e. The second kappa shape index (κ2) is 10.4. The summed E-state index contributed by atoms with van der Waals surface area (Å²) in [5.74, 6) is 0. The van der Waals surface area contributed by atoms with Gasteiger partial charge in [0.1, 0.15) is 0 Å². The van der Waals surface area contributed by atoms with Crippen LogP contribution in [0.5, 0.6) is 0 Å². The van der Waals surface area contributed by atoms with Crippen LogP contribution in [-0.4, -0.2) is 0 Å². The molecule has 0 saturated heterocycles. The van der Waals surface area contributed by atoms with Crippen LogP contribution in [0.1, 0.15) is 51.4 Å². The number of halogens is 2. The topological polar surface area (TPSA) is 0 Å². The number of allylic oxidation sites excluding steroid dienone is 2. The molecule has 0 bridgehead atoms. The van der Waals surface area contributed by atoms with Gasteiger partial charge in [-0.2, -0.15) is 8.78 Å². The van der Waals surface area contributed by atoms with Crippen LogP contribution in [0.15, 0.2) is 24.8 Å². The van der Waals surface area contributed by atoms with Gasteiger partial charge in [0.2, 0.25) is 0 Å². The fraction of sp³-hybridized carbons (Fsp3) is 0.667. The Morgan fingerprint density at radius 2 is 1.36 bits per heavy atom. The molecule has 0 atom stereocenters. The molecule has 0 saturated carbocycles. The van der Waals surface area contributed by atoms with E-state index in [1.54, 1.807) is 0 Å². The average molecular weight is 202 g/mol. The first-order chi connectivity index (χ1) is 6.77. The van der Waals surface area contributed by atoms with Gasteiger partial charge in [-0.15, -0.1) is 6.58 Å². The average Bonchev–Trinajstić information content (AvgIpc) is 2.15. The molecule has 0 aliphatic carbocycles. The van der Waals surface area contributed by atoms with Crippen LogP contribution in [-0.2, 0) is 0 Å². The number of hydrogen-bond donors (Lipinski definition) is 0. The molecule has 0 nitrogen and oxygen atoms in total. The molecule has 0 fully saturated rings. The molecule has 0 N–H and O–H groups in total. The Morgan fingerprint density at radius 1 is 0.857 bits per heavy atom. The van der Waals surface area contributed by atoms with Crippen molar-refractivity contribution in [2.24, 2.45) is 0 Å². The van der Waals surface area contributed by atoms with E-state index in [-0.39, 0.29) is 0 Å². The summed E-state index contributed by atoms with van der Waals surface area (Å²) in [5.41, 5.74) is 0. The highest BCUT2D eigenvalue weighted by molar-refractivity contribution is 4.79. The quantitative estimate of drug-likeness (QED) is 0.361. The Kier molecular flexibility index (Phi) is 9.93. The molecular formula is C12H20F2. The van der Waals surface area contributed by atoms with E-state index in [4.69, 9.17) is 0 Å². The van der Waals surface area contributed by atoms with Gasteiger partial charge in [0.15, 0.2) is 0 Å². The smallest absolute Gasteiger partial charge is 0.174 e. The molecule has 2 heteroatoms. The lowest BCUT2D eigenvalue weighted by molar-refractivity contribution is 0.416. The van der Waals surface area contributed by atoms with E-state index in [2.05, 4.69) is 6.58 Å². The highest BCUT2D eigenvalue weighted by Gasteiger charge is 1.91. The van der Waals surface area contributed by atoms with Gasteiger partial charge in [-0.05, 0) is 31.8 Å². The summed E-state index contributed by atoms with van der Waals surface area (Å²) in [6.45, 7) is 3.66. The molecule has 0 aromatic carbocycles. The van der Waals surface area contributed by atoms with Gasteiger partial charge >= 0.3 is 0 Å². The Labute approximate surface area is 85.7 Å². The van der Waals surface area contributed by atoms with E-state index in [0.29, 0.717) is 6.42 Å². The van der Waals surface area contributed by atoms with Gasteiger partial charge in [-0.3, -0.25) is 0 Å². The third-order valence-corrected chi connectivity index (χ3v) is 2.16. The second-order valence-electron chi connectivity index (χ2n) is 3.48. The van der Waals surface area contributed by atoms with E-state index in [1.807, 2.05) is 6.08 Å². The SMILES string of the molecule is C=CCCCCCCCCC=C(F)F. The molecule has 0 aromatic rings. The number of unbranched alkanes of at least 4 members (excludes halogenated alkanes) is 7. The van der Waals surface area contributed by atoms with Crippen molar-refractivity contribution < 1.29 is 8.78 Å². The Balaban J connectivity index is 2.99. The standard InChI is InChI=1S/C12H20F2/c1-2-3-4-5-6-7-8-9-10-11-12(13)14/h2,11H,1,3-10H2. The Morgan fingerprint density at radius 3 is 1.86 bits per heavy atom. The second-order valence-corrected chi connectivity index (χ2v) is 3.48. The van der Waals surface area contributed by atoms with E-state index < -0.39 is 6.08 Å². The molecule has 14 heavy (non-hydrogen) atoms. The third-order valence-electron chi connectivity index (χ3n) is 2.16. The van der Waals surface area contributed by atoms with Crippen LogP contribution in [0.2, 0.25) is 0 Å². The molecule has 0 radical (unpaired) electrons. The summed E-state index contributed by atoms with van der Waals surface area (Å²) in [7, 11) is 0. The highest BCUT2D eigenvalue weighted by atomic mass is 19.3. The molecule has 0 unspecified atom stereocenters. The monoisotopic (exact) mass is 202 g/mol. The van der Waals surface area contributed by atoms with Crippen molar-refractivity contribution in [3.63, 3.8) is 0 Å². The van der Waals surface area contributed by atoms with E-state index >= 15 is 0 Å². The van der Waals surface area contributed by atoms with Crippen molar-refractivity contribution >= 4 is 0 Å². The van der Waals surface area contributed by atoms with Crippen molar-refractivity contribution in [3.05, 3.63) is 24.8 Å². The van der Waals surface area contributed by atoms with Gasteiger partial charge in [0.25, 0.3) is 6.08 Å². The lowest BCUT2D eigenvalue weighted by Gasteiger charge is -1.98. The molecule has 0 amide bonds. The van der Waals surface area contributed by atoms with Crippen LogP contribution in [0, 0.1) is 0 Å². The number of hydrogen-bond acceptors (Lipinski definition) is 0. The summed E-state index contributed by atoms with van der Waals surface area (Å²) in [5, 5.41) is 0. The highest BCUT2D eigenvalue weighted by Crippen LogP contribution is 2.10. The zero-order valence-electron chi connectivity index (χ0n) is 8.77. The molecular weight excluding hydrogens is 182 g/mol. The zero-order chi connectivity index (χ0) is 10.6. The van der Waals surface area contributed by atoms with Crippen LogP contribution in [0.25, 0.3) is 0 Å². The summed E-state index contributed by atoms with van der Waals surface area (Å²) >= 11 is 0. The Hall–Kier alpha value is -0.660. The lowest BCUT2D eigenvalue weighted by Crippen LogP contribution is -1.79. The molecule has 0 heterocycles. The maximum atomic E-state index is 11.6. The first-order valence-corrected chi connectivity index (χ1v) is 5.39. The zero-order valence-corrected chi connectivity index (χ0v) is 8.77. The lowest BCUT2D eigenvalue weighted by atomic mass is 10.1. The number of rotatable bonds is 9. The summed E-state index contributed by atoms with van der Waals surface area (Å²) in [6, 6.07) is 0. The van der Waals surface area contributed by atoms with E-state index in [9.17, 15) is 8.78 Å².